The molecule has 1 N–H and O–H groups in total. The summed E-state index contributed by atoms with van der Waals surface area (Å²) >= 11 is 8.29. The molecule has 0 fully saturated rings. The Morgan fingerprint density at radius 3 is 2.68 bits per heavy atom. The van der Waals surface area contributed by atoms with Crippen LogP contribution in [-0.2, 0) is 6.61 Å². The minimum atomic E-state index is -0.244. The Hall–Kier alpha value is -2.16. The zero-order valence-electron chi connectivity index (χ0n) is 14.8. The predicted molar refractivity (Wildman–Crippen MR) is 119 cm³/mol. The molecule has 0 bridgehead atoms. The maximum Gasteiger partial charge on any atom is 0.281 e. The molecule has 1 heterocycles. The number of carbonyl (C=O) groups is 1. The van der Waals surface area contributed by atoms with Crippen molar-refractivity contribution in [2.75, 3.05) is 7.11 Å². The molecule has 0 atom stereocenters. The van der Waals surface area contributed by atoms with Crippen LogP contribution in [0.1, 0.15) is 20.8 Å². The summed E-state index contributed by atoms with van der Waals surface area (Å²) in [6, 6.07) is 15.1. The zero-order chi connectivity index (χ0) is 19.9. The van der Waals surface area contributed by atoms with E-state index in [0.717, 1.165) is 20.1 Å². The van der Waals surface area contributed by atoms with E-state index in [1.165, 1.54) is 11.3 Å². The highest BCUT2D eigenvalue weighted by Crippen LogP contribution is 2.36. The van der Waals surface area contributed by atoms with Crippen LogP contribution in [0, 0.1) is 0 Å². The number of hydrazone groups is 1. The van der Waals surface area contributed by atoms with Crippen LogP contribution in [0.15, 0.2) is 68.0 Å². The van der Waals surface area contributed by atoms with Gasteiger partial charge in [-0.25, -0.2) is 5.43 Å². The molecule has 2 aromatic carbocycles. The number of nitrogens with zero attached hydrogens (tertiary/aromatic N) is 1. The van der Waals surface area contributed by atoms with Crippen LogP contribution in [0.3, 0.4) is 0 Å². The number of benzene rings is 2. The molecule has 5 nitrogen and oxygen atoms in total. The number of hydrogen-bond donors (Lipinski definition) is 1. The Bertz CT molecular complexity index is 974. The SMILES string of the molecule is COc1cc(/C=N/NC(=O)c2cccs2)cc(Br)c1OCc1ccc(Br)cc1. The second-order valence-corrected chi connectivity index (χ2v) is 8.34. The first-order chi connectivity index (χ1) is 13.6. The van der Waals surface area contributed by atoms with E-state index in [9.17, 15) is 4.79 Å². The first-order valence-electron chi connectivity index (χ1n) is 8.18. The van der Waals surface area contributed by atoms with Gasteiger partial charge in [-0.2, -0.15) is 5.10 Å². The molecule has 0 saturated heterocycles. The van der Waals surface area contributed by atoms with E-state index in [1.807, 2.05) is 41.8 Å². The molecule has 0 aliphatic heterocycles. The molecule has 0 spiro atoms. The van der Waals surface area contributed by atoms with E-state index in [4.69, 9.17) is 9.47 Å². The summed E-state index contributed by atoms with van der Waals surface area (Å²) in [6.45, 7) is 0.409. The third kappa shape index (κ3) is 5.43. The van der Waals surface area contributed by atoms with Crippen molar-refractivity contribution in [3.05, 3.63) is 78.9 Å². The molecule has 1 aromatic heterocycles. The van der Waals surface area contributed by atoms with Crippen LogP contribution in [0.2, 0.25) is 0 Å². The number of nitrogens with one attached hydrogen (secondary N) is 1. The summed E-state index contributed by atoms with van der Waals surface area (Å²) in [7, 11) is 1.58. The molecule has 0 saturated carbocycles. The van der Waals surface area contributed by atoms with Crippen molar-refractivity contribution < 1.29 is 14.3 Å². The van der Waals surface area contributed by atoms with Crippen molar-refractivity contribution in [2.45, 2.75) is 6.61 Å². The topological polar surface area (TPSA) is 59.9 Å². The Morgan fingerprint density at radius 1 is 1.21 bits per heavy atom. The number of carbonyl (C=O) groups excluding carboxylic acids is 1. The highest BCUT2D eigenvalue weighted by atomic mass is 79.9. The third-order valence-electron chi connectivity index (χ3n) is 3.67. The summed E-state index contributed by atoms with van der Waals surface area (Å²) in [6.07, 6.45) is 1.55. The summed E-state index contributed by atoms with van der Waals surface area (Å²) in [5.41, 5.74) is 4.30. The van der Waals surface area contributed by atoms with Gasteiger partial charge < -0.3 is 9.47 Å². The monoisotopic (exact) mass is 522 g/mol. The summed E-state index contributed by atoms with van der Waals surface area (Å²) < 4.78 is 13.1. The minimum absolute atomic E-state index is 0.244. The molecule has 3 aromatic rings. The van der Waals surface area contributed by atoms with Crippen LogP contribution in [-0.4, -0.2) is 19.2 Å². The minimum Gasteiger partial charge on any atom is -0.493 e. The van der Waals surface area contributed by atoms with Gasteiger partial charge in [-0.3, -0.25) is 4.79 Å². The largest absolute Gasteiger partial charge is 0.493 e. The van der Waals surface area contributed by atoms with Gasteiger partial charge in [0.1, 0.15) is 6.61 Å². The van der Waals surface area contributed by atoms with E-state index < -0.39 is 0 Å². The molecule has 0 aliphatic carbocycles. The van der Waals surface area contributed by atoms with E-state index in [-0.39, 0.29) is 5.91 Å². The lowest BCUT2D eigenvalue weighted by Gasteiger charge is -2.13. The highest BCUT2D eigenvalue weighted by molar-refractivity contribution is 9.10. The lowest BCUT2D eigenvalue weighted by molar-refractivity contribution is 0.0959. The van der Waals surface area contributed by atoms with Crippen LogP contribution < -0.4 is 14.9 Å². The third-order valence-corrected chi connectivity index (χ3v) is 5.66. The average molecular weight is 524 g/mol. The van der Waals surface area contributed by atoms with Crippen LogP contribution in [0.4, 0.5) is 0 Å². The molecular formula is C20H16Br2N2O3S. The van der Waals surface area contributed by atoms with Gasteiger partial charge in [-0.05, 0) is 62.8 Å². The maximum absolute atomic E-state index is 11.9. The Kier molecular flexibility index (Phi) is 7.24. The van der Waals surface area contributed by atoms with Crippen molar-refractivity contribution in [3.63, 3.8) is 0 Å². The first-order valence-corrected chi connectivity index (χ1v) is 10.6. The van der Waals surface area contributed by atoms with Crippen molar-refractivity contribution in [1.82, 2.24) is 5.43 Å². The molecule has 3 rings (SSSR count). The molecule has 144 valence electrons. The molecule has 0 radical (unpaired) electrons. The van der Waals surface area contributed by atoms with Crippen molar-refractivity contribution in [1.29, 1.82) is 0 Å². The smallest absolute Gasteiger partial charge is 0.281 e. The van der Waals surface area contributed by atoms with Gasteiger partial charge in [0, 0.05) is 4.47 Å². The van der Waals surface area contributed by atoms with E-state index in [0.29, 0.717) is 23.0 Å². The van der Waals surface area contributed by atoms with Crippen molar-refractivity contribution in [2.24, 2.45) is 5.10 Å². The fourth-order valence-electron chi connectivity index (χ4n) is 2.32. The first kappa shape index (κ1) is 20.6. The van der Waals surface area contributed by atoms with Crippen LogP contribution in [0.5, 0.6) is 11.5 Å². The highest BCUT2D eigenvalue weighted by Gasteiger charge is 2.12. The lowest BCUT2D eigenvalue weighted by atomic mass is 10.2. The second-order valence-electron chi connectivity index (χ2n) is 5.63. The van der Waals surface area contributed by atoms with E-state index >= 15 is 0 Å². The number of thiophene rings is 1. The van der Waals surface area contributed by atoms with Gasteiger partial charge in [-0.1, -0.05) is 34.1 Å². The Labute approximate surface area is 183 Å². The van der Waals surface area contributed by atoms with Gasteiger partial charge in [0.15, 0.2) is 11.5 Å². The quantitative estimate of drug-likeness (QED) is 0.322. The number of ether oxygens (including phenoxy) is 2. The molecule has 28 heavy (non-hydrogen) atoms. The summed E-state index contributed by atoms with van der Waals surface area (Å²) in [5, 5.41) is 5.85. The summed E-state index contributed by atoms with van der Waals surface area (Å²) in [4.78, 5) is 12.5. The van der Waals surface area contributed by atoms with Crippen molar-refractivity contribution >= 4 is 55.3 Å². The fourth-order valence-corrected chi connectivity index (χ4v) is 3.77. The van der Waals surface area contributed by atoms with Crippen LogP contribution >= 0.6 is 43.2 Å². The standard InChI is InChI=1S/C20H16Br2N2O3S/c1-26-17-10-14(11-23-24-20(25)18-3-2-8-28-18)9-16(22)19(17)27-12-13-4-6-15(21)7-5-13/h2-11H,12H2,1H3,(H,24,25)/b23-11+. The summed E-state index contributed by atoms with van der Waals surface area (Å²) in [5.74, 6) is 0.925. The fraction of sp³-hybridized carbons (Fsp3) is 0.100. The Balaban J connectivity index is 1.69. The number of rotatable bonds is 7. The maximum atomic E-state index is 11.9. The van der Waals surface area contributed by atoms with Gasteiger partial charge in [-0.15, -0.1) is 11.3 Å². The van der Waals surface area contributed by atoms with Crippen molar-refractivity contribution in [3.8, 4) is 11.5 Å². The number of amides is 1. The van der Waals surface area contributed by atoms with E-state index in [2.05, 4.69) is 42.4 Å². The van der Waals surface area contributed by atoms with Crippen LogP contribution in [0.25, 0.3) is 0 Å². The van der Waals surface area contributed by atoms with E-state index in [1.54, 1.807) is 25.5 Å². The average Bonchev–Trinajstić information content (AvgIpc) is 3.23. The molecule has 1 amide bonds. The number of hydrogen-bond acceptors (Lipinski definition) is 5. The van der Waals surface area contributed by atoms with Gasteiger partial charge in [0.2, 0.25) is 0 Å². The molecule has 0 unspecified atom stereocenters. The van der Waals surface area contributed by atoms with Gasteiger partial charge >= 0.3 is 0 Å². The lowest BCUT2D eigenvalue weighted by Crippen LogP contribution is -2.16. The number of halogens is 2. The van der Waals surface area contributed by atoms with Gasteiger partial charge in [0.25, 0.3) is 5.91 Å². The second kappa shape index (κ2) is 9.86. The Morgan fingerprint density at radius 2 is 2.00 bits per heavy atom. The molecule has 8 heteroatoms. The molecule has 0 aliphatic rings. The number of methoxy groups -OCH3 is 1. The van der Waals surface area contributed by atoms with Gasteiger partial charge in [0.05, 0.1) is 22.7 Å². The normalized spacial score (nSPS) is 10.8. The zero-order valence-corrected chi connectivity index (χ0v) is 18.8. The molecular weight excluding hydrogens is 508 g/mol. The predicted octanol–water partition coefficient (Wildman–Crippen LogP) is 5.62.